The fourth-order valence-electron chi connectivity index (χ4n) is 7.45. The quantitative estimate of drug-likeness (QED) is 0.353. The summed E-state index contributed by atoms with van der Waals surface area (Å²) in [5, 5.41) is 0.274. The molecule has 1 unspecified atom stereocenters. The first-order chi connectivity index (χ1) is 13.3. The first kappa shape index (κ1) is 21.8. The number of allylic oxidation sites excluding steroid dienone is 1. The summed E-state index contributed by atoms with van der Waals surface area (Å²) >= 11 is 0. The van der Waals surface area contributed by atoms with Crippen LogP contribution in [0.5, 0.6) is 0 Å². The summed E-state index contributed by atoms with van der Waals surface area (Å²) in [5.41, 5.74) is 1.99. The van der Waals surface area contributed by atoms with E-state index in [1.165, 1.54) is 19.3 Å². The van der Waals surface area contributed by atoms with Gasteiger partial charge in [-0.1, -0.05) is 53.2 Å². The highest BCUT2D eigenvalue weighted by atomic mass is 28.4. The Morgan fingerprint density at radius 3 is 2.31 bits per heavy atom. The lowest BCUT2D eigenvalue weighted by molar-refractivity contribution is -0.133. The average molecular weight is 417 g/mol. The second kappa shape index (κ2) is 6.79. The second-order valence-corrected chi connectivity index (χ2v) is 17.7. The fourth-order valence-corrected chi connectivity index (χ4v) is 8.84. The molecule has 3 saturated carbocycles. The van der Waals surface area contributed by atoms with Crippen molar-refractivity contribution in [2.24, 2.45) is 34.5 Å². The fraction of sp³-hybridized carbons (Fsp3) is 0.885. The Hall–Kier alpha value is -0.413. The molecule has 4 aliphatic carbocycles. The summed E-state index contributed by atoms with van der Waals surface area (Å²) in [6.45, 7) is 19.1. The minimum absolute atomic E-state index is 0.0280. The van der Waals surface area contributed by atoms with Crippen LogP contribution in [0.25, 0.3) is 0 Å². The van der Waals surface area contributed by atoms with Crippen LogP contribution in [-0.2, 0) is 9.22 Å². The molecule has 0 bridgehead atoms. The van der Waals surface area contributed by atoms with Crippen LogP contribution in [0.3, 0.4) is 0 Å². The van der Waals surface area contributed by atoms with Crippen LogP contribution in [0.15, 0.2) is 11.6 Å². The summed E-state index contributed by atoms with van der Waals surface area (Å²) in [6.07, 6.45) is 11.0. The number of carbonyl (C=O) groups is 1. The minimum Gasteiger partial charge on any atom is -0.414 e. The molecule has 0 spiro atoms. The molecule has 0 heterocycles. The van der Waals surface area contributed by atoms with Gasteiger partial charge in [0.05, 0.1) is 0 Å². The standard InChI is InChI=1S/C26H44O2Si/c1-17-15-18-16-19(28-29(7,8)24(2,3)4)11-13-25(18,5)21-12-14-26(6)20(23(17)21)9-10-22(26)27/h15,17,19-21,23H,9-14,16H2,1-8H3/t17?,19-,20-,21-,23-,25-,26-/m0/s1. The van der Waals surface area contributed by atoms with Crippen molar-refractivity contribution in [2.75, 3.05) is 0 Å². The minimum atomic E-state index is -1.72. The highest BCUT2D eigenvalue weighted by molar-refractivity contribution is 6.74. The van der Waals surface area contributed by atoms with Crippen molar-refractivity contribution in [3.8, 4) is 0 Å². The summed E-state index contributed by atoms with van der Waals surface area (Å²) in [4.78, 5) is 12.7. The molecule has 3 heteroatoms. The third-order valence-electron chi connectivity index (χ3n) is 10.4. The molecule has 0 aromatic heterocycles. The molecule has 0 N–H and O–H groups in total. The molecule has 29 heavy (non-hydrogen) atoms. The number of Topliss-reactive ketones (excluding diaryl/α,β-unsaturated/α-hetero) is 1. The van der Waals surface area contributed by atoms with Gasteiger partial charge in [0, 0.05) is 17.9 Å². The Labute approximate surface area is 180 Å². The van der Waals surface area contributed by atoms with Gasteiger partial charge in [0.1, 0.15) is 5.78 Å². The lowest BCUT2D eigenvalue weighted by Crippen LogP contribution is -2.53. The van der Waals surface area contributed by atoms with Crippen LogP contribution in [0, 0.1) is 34.5 Å². The highest BCUT2D eigenvalue weighted by Crippen LogP contribution is 2.65. The van der Waals surface area contributed by atoms with Crippen LogP contribution in [0.4, 0.5) is 0 Å². The molecule has 0 radical (unpaired) electrons. The van der Waals surface area contributed by atoms with Crippen molar-refractivity contribution < 1.29 is 9.22 Å². The summed E-state index contributed by atoms with van der Waals surface area (Å²) in [5.74, 6) is 3.23. The molecule has 164 valence electrons. The molecule has 0 saturated heterocycles. The Kier molecular flexibility index (Phi) is 5.11. The molecular formula is C26H44O2Si. The van der Waals surface area contributed by atoms with Gasteiger partial charge in [-0.2, -0.15) is 0 Å². The van der Waals surface area contributed by atoms with Gasteiger partial charge in [-0.25, -0.2) is 0 Å². The van der Waals surface area contributed by atoms with E-state index in [1.54, 1.807) is 5.57 Å². The number of fused-ring (bicyclic) bond motifs is 5. The average Bonchev–Trinajstić information content (AvgIpc) is 2.90. The number of hydrogen-bond acceptors (Lipinski definition) is 2. The number of carbonyl (C=O) groups excluding carboxylic acids is 1. The van der Waals surface area contributed by atoms with E-state index < -0.39 is 8.32 Å². The van der Waals surface area contributed by atoms with E-state index in [-0.39, 0.29) is 10.5 Å². The molecule has 2 nitrogen and oxygen atoms in total. The molecule has 0 amide bonds. The number of rotatable bonds is 2. The van der Waals surface area contributed by atoms with Crippen molar-refractivity contribution in [3.63, 3.8) is 0 Å². The van der Waals surface area contributed by atoms with Gasteiger partial charge in [0.25, 0.3) is 0 Å². The molecule has 7 atom stereocenters. The largest absolute Gasteiger partial charge is 0.414 e. The Balaban J connectivity index is 1.58. The van der Waals surface area contributed by atoms with Gasteiger partial charge in [-0.15, -0.1) is 0 Å². The monoisotopic (exact) mass is 416 g/mol. The molecule has 0 aliphatic heterocycles. The molecule has 4 rings (SSSR count). The van der Waals surface area contributed by atoms with Crippen LogP contribution in [-0.4, -0.2) is 20.2 Å². The Morgan fingerprint density at radius 1 is 1.03 bits per heavy atom. The smallest absolute Gasteiger partial charge is 0.192 e. The summed E-state index contributed by atoms with van der Waals surface area (Å²) < 4.78 is 6.86. The number of ketones is 1. The molecule has 4 aliphatic rings. The van der Waals surface area contributed by atoms with Crippen molar-refractivity contribution >= 4 is 14.1 Å². The van der Waals surface area contributed by atoms with Crippen LogP contribution >= 0.6 is 0 Å². The SMILES string of the molecule is CC1C=C2C[C@@H](O[Si](C)(C)C(C)(C)C)CC[C@]2(C)[C@H]2CC[C@]3(C)C(=O)CC[C@H]3[C@H]12. The lowest BCUT2D eigenvalue weighted by atomic mass is 9.46. The number of hydrogen-bond donors (Lipinski definition) is 0. The van der Waals surface area contributed by atoms with Crippen LogP contribution in [0.1, 0.15) is 86.5 Å². The van der Waals surface area contributed by atoms with E-state index in [0.29, 0.717) is 35.1 Å². The van der Waals surface area contributed by atoms with Crippen molar-refractivity contribution in [1.82, 2.24) is 0 Å². The zero-order valence-electron chi connectivity index (χ0n) is 20.2. The van der Waals surface area contributed by atoms with Gasteiger partial charge in [-0.3, -0.25) is 4.79 Å². The van der Waals surface area contributed by atoms with Gasteiger partial charge >= 0.3 is 0 Å². The summed E-state index contributed by atoms with van der Waals surface area (Å²) in [6, 6.07) is 0. The predicted molar refractivity (Wildman–Crippen MR) is 123 cm³/mol. The zero-order chi connectivity index (χ0) is 21.4. The van der Waals surface area contributed by atoms with Crippen molar-refractivity contribution in [2.45, 2.75) is 111 Å². The Bertz CT molecular complexity index is 717. The van der Waals surface area contributed by atoms with E-state index in [0.717, 1.165) is 31.6 Å². The van der Waals surface area contributed by atoms with Crippen molar-refractivity contribution in [1.29, 1.82) is 0 Å². The van der Waals surface area contributed by atoms with Crippen LogP contribution < -0.4 is 0 Å². The van der Waals surface area contributed by atoms with E-state index in [4.69, 9.17) is 4.43 Å². The van der Waals surface area contributed by atoms with E-state index in [1.807, 2.05) is 0 Å². The van der Waals surface area contributed by atoms with Gasteiger partial charge in [0.2, 0.25) is 0 Å². The Morgan fingerprint density at radius 2 is 1.66 bits per heavy atom. The van der Waals surface area contributed by atoms with E-state index in [2.05, 4.69) is 60.7 Å². The topological polar surface area (TPSA) is 26.3 Å². The van der Waals surface area contributed by atoms with Gasteiger partial charge < -0.3 is 4.43 Å². The van der Waals surface area contributed by atoms with Gasteiger partial charge in [0.15, 0.2) is 8.32 Å². The molecule has 3 fully saturated rings. The van der Waals surface area contributed by atoms with E-state index >= 15 is 0 Å². The zero-order valence-corrected chi connectivity index (χ0v) is 21.2. The molecule has 0 aromatic carbocycles. The molecular weight excluding hydrogens is 372 g/mol. The first-order valence-corrected chi connectivity index (χ1v) is 15.1. The predicted octanol–water partition coefficient (Wildman–Crippen LogP) is 7.15. The van der Waals surface area contributed by atoms with E-state index in [9.17, 15) is 4.79 Å². The first-order valence-electron chi connectivity index (χ1n) is 12.2. The van der Waals surface area contributed by atoms with Gasteiger partial charge in [-0.05, 0) is 85.7 Å². The second-order valence-electron chi connectivity index (χ2n) is 12.9. The third kappa shape index (κ3) is 3.25. The lowest BCUT2D eigenvalue weighted by Gasteiger charge is -2.59. The normalized spacial score (nSPS) is 45.3. The summed E-state index contributed by atoms with van der Waals surface area (Å²) in [7, 11) is -1.72. The van der Waals surface area contributed by atoms with Crippen molar-refractivity contribution in [3.05, 3.63) is 11.6 Å². The maximum atomic E-state index is 12.7. The highest BCUT2D eigenvalue weighted by Gasteiger charge is 2.60. The van der Waals surface area contributed by atoms with Crippen LogP contribution in [0.2, 0.25) is 18.1 Å². The maximum Gasteiger partial charge on any atom is 0.192 e. The molecule has 0 aromatic rings. The maximum absolute atomic E-state index is 12.7. The third-order valence-corrected chi connectivity index (χ3v) is 14.9.